The summed E-state index contributed by atoms with van der Waals surface area (Å²) in [4.78, 5) is 2.34. The summed E-state index contributed by atoms with van der Waals surface area (Å²) in [5.74, 6) is 0. The van der Waals surface area contributed by atoms with Crippen molar-refractivity contribution in [2.75, 3.05) is 26.2 Å². The van der Waals surface area contributed by atoms with Crippen LogP contribution < -0.4 is 5.73 Å². The molecule has 1 aliphatic heterocycles. The van der Waals surface area contributed by atoms with Crippen LogP contribution in [0.1, 0.15) is 19.8 Å². The van der Waals surface area contributed by atoms with Gasteiger partial charge in [0.15, 0.2) is 0 Å². The quantitative estimate of drug-likeness (QED) is 0.622. The normalized spacial score (nSPS) is 23.9. The maximum absolute atomic E-state index is 9.85. The maximum atomic E-state index is 9.85. The van der Waals surface area contributed by atoms with Crippen molar-refractivity contribution >= 4 is 0 Å². The molecule has 3 heteroatoms. The van der Waals surface area contributed by atoms with Crippen LogP contribution in [0, 0.1) is 0 Å². The molecule has 0 radical (unpaired) electrons. The summed E-state index contributed by atoms with van der Waals surface area (Å²) in [7, 11) is 0. The van der Waals surface area contributed by atoms with Gasteiger partial charge in [-0.2, -0.15) is 0 Å². The minimum atomic E-state index is -0.591. The Labute approximate surface area is 80.2 Å². The van der Waals surface area contributed by atoms with E-state index in [1.807, 2.05) is 6.92 Å². The van der Waals surface area contributed by atoms with Crippen molar-refractivity contribution in [1.29, 1.82) is 0 Å². The van der Waals surface area contributed by atoms with Gasteiger partial charge in [0, 0.05) is 26.2 Å². The molecular formula is C10H20N2O. The molecule has 13 heavy (non-hydrogen) atoms. The number of allylic oxidation sites excluding steroid dienone is 1. The third-order valence-electron chi connectivity index (χ3n) is 2.77. The first-order chi connectivity index (χ1) is 6.20. The Morgan fingerprint density at radius 1 is 1.46 bits per heavy atom. The third kappa shape index (κ3) is 3.10. The molecule has 0 atom stereocenters. The Hall–Kier alpha value is -0.380. The lowest BCUT2D eigenvalue weighted by molar-refractivity contribution is -0.0107. The first kappa shape index (κ1) is 10.7. The molecule has 0 amide bonds. The molecule has 1 saturated heterocycles. The molecule has 0 spiro atoms. The Kier molecular flexibility index (Phi) is 3.90. The summed E-state index contributed by atoms with van der Waals surface area (Å²) in [6.07, 6.45) is 5.82. The van der Waals surface area contributed by atoms with Crippen molar-refractivity contribution in [3.8, 4) is 0 Å². The zero-order chi connectivity index (χ0) is 9.73. The van der Waals surface area contributed by atoms with E-state index in [2.05, 4.69) is 17.1 Å². The van der Waals surface area contributed by atoms with Gasteiger partial charge in [-0.3, -0.25) is 4.90 Å². The minimum absolute atomic E-state index is 0.393. The van der Waals surface area contributed by atoms with Crippen LogP contribution in [0.15, 0.2) is 12.2 Å². The number of hydrogen-bond acceptors (Lipinski definition) is 3. The number of nitrogens with two attached hydrogens (primary N) is 1. The van der Waals surface area contributed by atoms with Crippen LogP contribution in [0.25, 0.3) is 0 Å². The van der Waals surface area contributed by atoms with E-state index in [1.165, 1.54) is 0 Å². The zero-order valence-electron chi connectivity index (χ0n) is 8.37. The number of rotatable bonds is 3. The highest BCUT2D eigenvalue weighted by Gasteiger charge is 2.29. The minimum Gasteiger partial charge on any atom is -0.388 e. The molecule has 76 valence electrons. The molecule has 0 unspecified atom stereocenters. The molecule has 0 saturated carbocycles. The van der Waals surface area contributed by atoms with E-state index in [-0.39, 0.29) is 0 Å². The van der Waals surface area contributed by atoms with E-state index in [9.17, 15) is 5.11 Å². The van der Waals surface area contributed by atoms with Crippen LogP contribution in [0.3, 0.4) is 0 Å². The van der Waals surface area contributed by atoms with Gasteiger partial charge in [0.25, 0.3) is 0 Å². The molecule has 1 fully saturated rings. The van der Waals surface area contributed by atoms with Crippen molar-refractivity contribution in [3.63, 3.8) is 0 Å². The van der Waals surface area contributed by atoms with Gasteiger partial charge in [-0.15, -0.1) is 0 Å². The summed E-state index contributed by atoms with van der Waals surface area (Å²) in [6, 6.07) is 0. The third-order valence-corrected chi connectivity index (χ3v) is 2.77. The van der Waals surface area contributed by atoms with Crippen molar-refractivity contribution in [2.45, 2.75) is 25.4 Å². The highest BCUT2D eigenvalue weighted by molar-refractivity contribution is 4.89. The summed E-state index contributed by atoms with van der Waals surface area (Å²) in [5, 5.41) is 9.85. The fourth-order valence-electron chi connectivity index (χ4n) is 1.61. The monoisotopic (exact) mass is 184 g/mol. The molecule has 3 N–H and O–H groups in total. The van der Waals surface area contributed by atoms with Crippen LogP contribution >= 0.6 is 0 Å². The molecule has 1 heterocycles. The fraction of sp³-hybridized carbons (Fsp3) is 0.800. The molecule has 1 rings (SSSR count). The molecule has 0 bridgehead atoms. The largest absolute Gasteiger partial charge is 0.388 e. The van der Waals surface area contributed by atoms with E-state index in [4.69, 9.17) is 5.73 Å². The molecule has 0 aromatic carbocycles. The van der Waals surface area contributed by atoms with E-state index < -0.39 is 5.60 Å². The highest BCUT2D eigenvalue weighted by Crippen LogP contribution is 2.20. The average molecular weight is 184 g/mol. The standard InChI is InChI=1S/C10H20N2O/c1-2-3-6-12-7-4-10(13,9-11)5-8-12/h2-3,13H,4-9,11H2,1H3/b3-2+. The van der Waals surface area contributed by atoms with E-state index >= 15 is 0 Å². The van der Waals surface area contributed by atoms with Crippen LogP contribution in [0.2, 0.25) is 0 Å². The summed E-state index contributed by atoms with van der Waals surface area (Å²) < 4.78 is 0. The second-order valence-corrected chi connectivity index (χ2v) is 3.80. The Morgan fingerprint density at radius 3 is 2.54 bits per heavy atom. The fourth-order valence-corrected chi connectivity index (χ4v) is 1.61. The average Bonchev–Trinajstić information content (AvgIpc) is 2.17. The second-order valence-electron chi connectivity index (χ2n) is 3.80. The predicted molar refractivity (Wildman–Crippen MR) is 54.5 cm³/mol. The molecule has 0 aromatic rings. The van der Waals surface area contributed by atoms with Gasteiger partial charge in [0.1, 0.15) is 0 Å². The van der Waals surface area contributed by atoms with Crippen LogP contribution in [-0.2, 0) is 0 Å². The predicted octanol–water partition coefficient (Wildman–Crippen LogP) is 0.348. The molecule has 0 aromatic heterocycles. The highest BCUT2D eigenvalue weighted by atomic mass is 16.3. The number of nitrogens with zero attached hydrogens (tertiary/aromatic N) is 1. The van der Waals surface area contributed by atoms with Crippen LogP contribution in [0.5, 0.6) is 0 Å². The van der Waals surface area contributed by atoms with Gasteiger partial charge < -0.3 is 10.8 Å². The Morgan fingerprint density at radius 2 is 2.08 bits per heavy atom. The maximum Gasteiger partial charge on any atom is 0.0793 e. The van der Waals surface area contributed by atoms with Gasteiger partial charge in [-0.25, -0.2) is 0 Å². The van der Waals surface area contributed by atoms with Crippen molar-refractivity contribution in [2.24, 2.45) is 5.73 Å². The summed E-state index contributed by atoms with van der Waals surface area (Å²) in [5.41, 5.74) is 4.91. The molecule has 0 aliphatic carbocycles. The van der Waals surface area contributed by atoms with E-state index in [0.29, 0.717) is 6.54 Å². The Bertz CT molecular complexity index is 172. The van der Waals surface area contributed by atoms with Crippen molar-refractivity contribution in [1.82, 2.24) is 4.90 Å². The van der Waals surface area contributed by atoms with Gasteiger partial charge in [0.2, 0.25) is 0 Å². The molecular weight excluding hydrogens is 164 g/mol. The van der Waals surface area contributed by atoms with E-state index in [1.54, 1.807) is 0 Å². The van der Waals surface area contributed by atoms with Crippen molar-refractivity contribution in [3.05, 3.63) is 12.2 Å². The number of aliphatic hydroxyl groups is 1. The van der Waals surface area contributed by atoms with Crippen LogP contribution in [-0.4, -0.2) is 41.8 Å². The first-order valence-electron chi connectivity index (χ1n) is 4.96. The number of hydrogen-bond donors (Lipinski definition) is 2. The number of piperidine rings is 1. The van der Waals surface area contributed by atoms with E-state index in [0.717, 1.165) is 32.5 Å². The smallest absolute Gasteiger partial charge is 0.0793 e. The first-order valence-corrected chi connectivity index (χ1v) is 4.96. The lowest BCUT2D eigenvalue weighted by Crippen LogP contribution is -2.48. The zero-order valence-corrected chi connectivity index (χ0v) is 8.37. The summed E-state index contributed by atoms with van der Waals surface area (Å²) in [6.45, 7) is 5.33. The van der Waals surface area contributed by atoms with Gasteiger partial charge in [0.05, 0.1) is 5.60 Å². The Balaban J connectivity index is 2.30. The lowest BCUT2D eigenvalue weighted by atomic mass is 9.92. The van der Waals surface area contributed by atoms with Gasteiger partial charge >= 0.3 is 0 Å². The number of likely N-dealkylation sites (tertiary alicyclic amines) is 1. The SMILES string of the molecule is C/C=C/CN1CCC(O)(CN)CC1. The van der Waals surface area contributed by atoms with Gasteiger partial charge in [-0.1, -0.05) is 12.2 Å². The summed E-state index contributed by atoms with van der Waals surface area (Å²) >= 11 is 0. The molecule has 3 nitrogen and oxygen atoms in total. The van der Waals surface area contributed by atoms with Crippen molar-refractivity contribution < 1.29 is 5.11 Å². The second kappa shape index (κ2) is 4.74. The van der Waals surface area contributed by atoms with Crippen LogP contribution in [0.4, 0.5) is 0 Å². The topological polar surface area (TPSA) is 49.5 Å². The van der Waals surface area contributed by atoms with Gasteiger partial charge in [-0.05, 0) is 19.8 Å². The molecule has 1 aliphatic rings. The lowest BCUT2D eigenvalue weighted by Gasteiger charge is -2.36.